The van der Waals surface area contributed by atoms with Crippen LogP contribution in [0.5, 0.6) is 5.75 Å². The number of nitriles is 1. The van der Waals surface area contributed by atoms with Crippen LogP contribution in [-0.4, -0.2) is 16.2 Å². The normalized spacial score (nSPS) is 9.43. The molecule has 0 aromatic heterocycles. The number of carbonyl (C=O) groups is 1. The maximum absolute atomic E-state index is 11.3. The quantitative estimate of drug-likeness (QED) is 0.475. The molecule has 5 heteroatoms. The minimum atomic E-state index is -0.288. The first-order chi connectivity index (χ1) is 6.60. The molecule has 0 spiro atoms. The van der Waals surface area contributed by atoms with Gasteiger partial charge in [0.15, 0.2) is 5.78 Å². The van der Waals surface area contributed by atoms with E-state index in [4.69, 9.17) is 11.0 Å². The zero-order valence-electron chi connectivity index (χ0n) is 7.12. The Balaban J connectivity index is 3.41. The van der Waals surface area contributed by atoms with E-state index in [1.165, 1.54) is 12.1 Å². The van der Waals surface area contributed by atoms with Crippen LogP contribution in [0.3, 0.4) is 0 Å². The fourth-order valence-corrected chi connectivity index (χ4v) is 1.36. The summed E-state index contributed by atoms with van der Waals surface area (Å²) in [5.41, 5.74) is 5.80. The van der Waals surface area contributed by atoms with Crippen molar-refractivity contribution in [1.29, 1.82) is 5.26 Å². The lowest BCUT2D eigenvalue weighted by Crippen LogP contribution is -2.04. The Morgan fingerprint density at radius 3 is 2.79 bits per heavy atom. The summed E-state index contributed by atoms with van der Waals surface area (Å²) in [6.45, 7) is 0. The Morgan fingerprint density at radius 2 is 2.29 bits per heavy atom. The molecule has 0 amide bonds. The third-order valence-electron chi connectivity index (χ3n) is 1.67. The fourth-order valence-electron chi connectivity index (χ4n) is 1.06. The zero-order chi connectivity index (χ0) is 10.7. The summed E-state index contributed by atoms with van der Waals surface area (Å²) >= 11 is 2.98. The molecule has 1 aromatic rings. The molecule has 1 aromatic carbocycles. The molecule has 0 saturated heterocycles. The number of carbonyl (C=O) groups excluding carboxylic acids is 1. The van der Waals surface area contributed by atoms with E-state index in [-0.39, 0.29) is 33.7 Å². The van der Waals surface area contributed by atoms with Gasteiger partial charge in [-0.05, 0) is 6.07 Å². The molecular formula is C9H7BrN2O2. The maximum Gasteiger partial charge on any atom is 0.174 e. The molecule has 0 bridgehead atoms. The van der Waals surface area contributed by atoms with Crippen molar-refractivity contribution in [3.63, 3.8) is 0 Å². The number of benzene rings is 1. The van der Waals surface area contributed by atoms with Crippen LogP contribution in [0, 0.1) is 11.3 Å². The molecule has 0 aliphatic carbocycles. The van der Waals surface area contributed by atoms with Crippen molar-refractivity contribution in [2.75, 3.05) is 11.1 Å². The van der Waals surface area contributed by atoms with Gasteiger partial charge < -0.3 is 10.8 Å². The Bertz CT molecular complexity index is 424. The third-order valence-corrected chi connectivity index (χ3v) is 2.18. The van der Waals surface area contributed by atoms with E-state index in [0.29, 0.717) is 0 Å². The van der Waals surface area contributed by atoms with Crippen molar-refractivity contribution in [1.82, 2.24) is 0 Å². The Hall–Kier alpha value is -1.54. The molecule has 0 fully saturated rings. The van der Waals surface area contributed by atoms with Gasteiger partial charge in [-0.1, -0.05) is 15.9 Å². The number of alkyl halides is 1. The molecule has 0 heterocycles. The third kappa shape index (κ3) is 1.86. The average Bonchev–Trinajstić information content (AvgIpc) is 2.15. The Kier molecular flexibility index (Phi) is 3.10. The number of aromatic hydroxyl groups is 1. The monoisotopic (exact) mass is 254 g/mol. The average molecular weight is 255 g/mol. The van der Waals surface area contributed by atoms with Crippen LogP contribution in [0.15, 0.2) is 12.1 Å². The van der Waals surface area contributed by atoms with Gasteiger partial charge in [-0.2, -0.15) is 5.26 Å². The van der Waals surface area contributed by atoms with Crippen LogP contribution >= 0.6 is 15.9 Å². The van der Waals surface area contributed by atoms with Gasteiger partial charge in [-0.15, -0.1) is 0 Å². The van der Waals surface area contributed by atoms with Crippen LogP contribution in [0.25, 0.3) is 0 Å². The molecule has 0 atom stereocenters. The first kappa shape index (κ1) is 10.5. The highest BCUT2D eigenvalue weighted by Gasteiger charge is 2.14. The molecule has 72 valence electrons. The van der Waals surface area contributed by atoms with E-state index in [0.717, 1.165) is 0 Å². The van der Waals surface area contributed by atoms with Gasteiger partial charge in [0, 0.05) is 17.3 Å². The van der Waals surface area contributed by atoms with Crippen LogP contribution in [0.4, 0.5) is 5.69 Å². The van der Waals surface area contributed by atoms with Gasteiger partial charge in [0.1, 0.15) is 17.4 Å². The number of nitrogen functional groups attached to an aromatic ring is 1. The first-order valence-electron chi connectivity index (χ1n) is 3.72. The van der Waals surface area contributed by atoms with Gasteiger partial charge in [0.2, 0.25) is 0 Å². The minimum absolute atomic E-state index is 0.0383. The summed E-state index contributed by atoms with van der Waals surface area (Å²) in [6.07, 6.45) is 0. The van der Waals surface area contributed by atoms with Crippen molar-refractivity contribution in [3.05, 3.63) is 23.3 Å². The van der Waals surface area contributed by atoms with Gasteiger partial charge >= 0.3 is 0 Å². The van der Waals surface area contributed by atoms with E-state index in [2.05, 4.69) is 15.9 Å². The molecule has 1 rings (SSSR count). The Morgan fingerprint density at radius 1 is 1.64 bits per heavy atom. The van der Waals surface area contributed by atoms with E-state index in [9.17, 15) is 9.90 Å². The summed E-state index contributed by atoms with van der Waals surface area (Å²) in [5.74, 6) is -0.555. The second-order valence-electron chi connectivity index (χ2n) is 2.63. The highest BCUT2D eigenvalue weighted by atomic mass is 79.9. The van der Waals surface area contributed by atoms with E-state index in [1.54, 1.807) is 6.07 Å². The minimum Gasteiger partial charge on any atom is -0.506 e. The molecule has 0 saturated carbocycles. The predicted molar refractivity (Wildman–Crippen MR) is 55.4 cm³/mol. The molecule has 0 radical (unpaired) electrons. The zero-order valence-corrected chi connectivity index (χ0v) is 8.71. The number of anilines is 1. The van der Waals surface area contributed by atoms with Crippen LogP contribution < -0.4 is 5.73 Å². The van der Waals surface area contributed by atoms with Gasteiger partial charge in [0.05, 0.1) is 5.33 Å². The summed E-state index contributed by atoms with van der Waals surface area (Å²) < 4.78 is 0. The predicted octanol–water partition coefficient (Wildman–Crippen LogP) is 1.42. The van der Waals surface area contributed by atoms with Crippen LogP contribution in [0.1, 0.15) is 15.9 Å². The van der Waals surface area contributed by atoms with Crippen molar-refractivity contribution < 1.29 is 9.90 Å². The summed E-state index contributed by atoms with van der Waals surface area (Å²) in [5, 5.41) is 18.2. The van der Waals surface area contributed by atoms with Gasteiger partial charge in [0.25, 0.3) is 0 Å². The largest absolute Gasteiger partial charge is 0.506 e. The highest BCUT2D eigenvalue weighted by molar-refractivity contribution is 9.09. The summed E-state index contributed by atoms with van der Waals surface area (Å²) in [4.78, 5) is 11.3. The SMILES string of the molecule is N#Cc1c(O)cc(N)cc1C(=O)CBr. The highest BCUT2D eigenvalue weighted by Crippen LogP contribution is 2.24. The van der Waals surface area contributed by atoms with Crippen LogP contribution in [-0.2, 0) is 0 Å². The second-order valence-corrected chi connectivity index (χ2v) is 3.19. The molecule has 3 N–H and O–H groups in total. The first-order valence-corrected chi connectivity index (χ1v) is 4.84. The fraction of sp³-hybridized carbons (Fsp3) is 0.111. The molecule has 4 nitrogen and oxygen atoms in total. The standard InChI is InChI=1S/C9H7BrN2O2/c10-3-9(14)6-1-5(12)2-8(13)7(6)4-11/h1-2,13H,3,12H2. The summed E-state index contributed by atoms with van der Waals surface area (Å²) in [6, 6.07) is 4.38. The van der Waals surface area contributed by atoms with Crippen LogP contribution in [0.2, 0.25) is 0 Å². The number of Topliss-reactive ketones (excluding diaryl/α,β-unsaturated/α-hetero) is 1. The lowest BCUT2D eigenvalue weighted by Gasteiger charge is -2.04. The summed E-state index contributed by atoms with van der Waals surface area (Å²) in [7, 11) is 0. The molecule has 14 heavy (non-hydrogen) atoms. The molecule has 0 unspecified atom stereocenters. The molecule has 0 aliphatic heterocycles. The lowest BCUT2D eigenvalue weighted by atomic mass is 10.0. The number of ketones is 1. The Labute approximate surface area is 89.1 Å². The smallest absolute Gasteiger partial charge is 0.174 e. The van der Waals surface area contributed by atoms with Gasteiger partial charge in [-0.3, -0.25) is 4.79 Å². The molecule has 0 aliphatic rings. The molecular weight excluding hydrogens is 248 g/mol. The van der Waals surface area contributed by atoms with E-state index in [1.807, 2.05) is 0 Å². The van der Waals surface area contributed by atoms with Crippen molar-refractivity contribution in [2.24, 2.45) is 0 Å². The maximum atomic E-state index is 11.3. The number of nitrogens with two attached hydrogens (primary N) is 1. The number of phenolic OH excluding ortho intramolecular Hbond substituents is 1. The lowest BCUT2D eigenvalue weighted by molar-refractivity contribution is 0.102. The van der Waals surface area contributed by atoms with Crippen molar-refractivity contribution >= 4 is 27.4 Å². The second kappa shape index (κ2) is 4.11. The number of hydrogen-bond donors (Lipinski definition) is 2. The van der Waals surface area contributed by atoms with E-state index >= 15 is 0 Å². The number of hydrogen-bond acceptors (Lipinski definition) is 4. The number of phenols is 1. The van der Waals surface area contributed by atoms with E-state index < -0.39 is 0 Å². The topological polar surface area (TPSA) is 87.1 Å². The van der Waals surface area contributed by atoms with Crippen molar-refractivity contribution in [2.45, 2.75) is 0 Å². The number of nitrogens with zero attached hydrogens (tertiary/aromatic N) is 1. The number of rotatable bonds is 2. The van der Waals surface area contributed by atoms with Crippen molar-refractivity contribution in [3.8, 4) is 11.8 Å². The van der Waals surface area contributed by atoms with Gasteiger partial charge in [-0.25, -0.2) is 0 Å². The number of halogens is 1.